The number of para-hydroxylation sites is 1. The van der Waals surface area contributed by atoms with Crippen LogP contribution in [0, 0.1) is 0 Å². The standard InChI is InChI=1S/C15H20N2O3/c1-3-16(4-2)15(20)17-10-9-12(14(18)19)11-7-5-6-8-13(11)17/h5-8,12H,3-4,9-10H2,1-2H3,(H,18,19). The lowest BCUT2D eigenvalue weighted by atomic mass is 9.90. The van der Waals surface area contributed by atoms with Crippen molar-refractivity contribution in [2.75, 3.05) is 24.5 Å². The molecule has 0 bridgehead atoms. The average molecular weight is 276 g/mol. The zero-order chi connectivity index (χ0) is 14.7. The van der Waals surface area contributed by atoms with Gasteiger partial charge in [0.1, 0.15) is 0 Å². The number of carbonyl (C=O) groups is 2. The van der Waals surface area contributed by atoms with E-state index in [1.54, 1.807) is 15.9 Å². The summed E-state index contributed by atoms with van der Waals surface area (Å²) < 4.78 is 0. The Labute approximate surface area is 118 Å². The molecule has 1 atom stereocenters. The molecule has 1 aliphatic heterocycles. The van der Waals surface area contributed by atoms with Gasteiger partial charge >= 0.3 is 12.0 Å². The minimum atomic E-state index is -0.826. The summed E-state index contributed by atoms with van der Waals surface area (Å²) in [6.45, 7) is 5.63. The lowest BCUT2D eigenvalue weighted by molar-refractivity contribution is -0.139. The van der Waals surface area contributed by atoms with Gasteiger partial charge in [0.05, 0.1) is 5.92 Å². The van der Waals surface area contributed by atoms with E-state index in [0.717, 1.165) is 11.3 Å². The lowest BCUT2D eigenvalue weighted by Crippen LogP contribution is -2.46. The highest BCUT2D eigenvalue weighted by Gasteiger charge is 2.33. The maximum atomic E-state index is 12.5. The van der Waals surface area contributed by atoms with E-state index in [4.69, 9.17) is 0 Å². The predicted molar refractivity (Wildman–Crippen MR) is 77.1 cm³/mol. The van der Waals surface area contributed by atoms with Crippen molar-refractivity contribution in [3.8, 4) is 0 Å². The number of rotatable bonds is 3. The molecule has 108 valence electrons. The number of carboxylic acids is 1. The zero-order valence-corrected chi connectivity index (χ0v) is 11.9. The Balaban J connectivity index is 2.36. The summed E-state index contributed by atoms with van der Waals surface area (Å²) in [5.74, 6) is -1.35. The fourth-order valence-electron chi connectivity index (χ4n) is 2.68. The number of hydrogen-bond donors (Lipinski definition) is 1. The van der Waals surface area contributed by atoms with Crippen LogP contribution < -0.4 is 4.90 Å². The van der Waals surface area contributed by atoms with E-state index in [9.17, 15) is 14.7 Å². The summed E-state index contributed by atoms with van der Waals surface area (Å²) in [5, 5.41) is 9.30. The number of nitrogens with zero attached hydrogens (tertiary/aromatic N) is 2. The van der Waals surface area contributed by atoms with Crippen LogP contribution in [0.5, 0.6) is 0 Å². The third kappa shape index (κ3) is 2.48. The maximum absolute atomic E-state index is 12.5. The quantitative estimate of drug-likeness (QED) is 0.922. The van der Waals surface area contributed by atoms with Gasteiger partial charge in [-0.15, -0.1) is 0 Å². The second-order valence-corrected chi connectivity index (χ2v) is 4.84. The Kier molecular flexibility index (Phi) is 4.27. The second-order valence-electron chi connectivity index (χ2n) is 4.84. The molecule has 1 heterocycles. The molecule has 0 aromatic heterocycles. The highest BCUT2D eigenvalue weighted by molar-refractivity contribution is 5.95. The molecule has 2 amide bonds. The maximum Gasteiger partial charge on any atom is 0.324 e. The highest BCUT2D eigenvalue weighted by atomic mass is 16.4. The number of anilines is 1. The molecule has 0 spiro atoms. The zero-order valence-electron chi connectivity index (χ0n) is 11.9. The molecule has 1 unspecified atom stereocenters. The van der Waals surface area contributed by atoms with Crippen molar-refractivity contribution in [3.05, 3.63) is 29.8 Å². The smallest absolute Gasteiger partial charge is 0.324 e. The van der Waals surface area contributed by atoms with Crippen molar-refractivity contribution in [1.82, 2.24) is 4.90 Å². The summed E-state index contributed by atoms with van der Waals surface area (Å²) in [4.78, 5) is 27.3. The van der Waals surface area contributed by atoms with Crippen molar-refractivity contribution in [3.63, 3.8) is 0 Å². The van der Waals surface area contributed by atoms with Crippen LogP contribution in [0.3, 0.4) is 0 Å². The molecule has 0 aliphatic carbocycles. The Morgan fingerprint density at radius 2 is 1.95 bits per heavy atom. The molecule has 20 heavy (non-hydrogen) atoms. The second kappa shape index (κ2) is 5.94. The number of amides is 2. The summed E-state index contributed by atoms with van der Waals surface area (Å²) in [7, 11) is 0. The minimum absolute atomic E-state index is 0.0497. The van der Waals surface area contributed by atoms with Crippen molar-refractivity contribution in [1.29, 1.82) is 0 Å². The van der Waals surface area contributed by atoms with Gasteiger partial charge in [-0.05, 0) is 31.9 Å². The van der Waals surface area contributed by atoms with Gasteiger partial charge in [0, 0.05) is 25.3 Å². The van der Waals surface area contributed by atoms with Gasteiger partial charge in [-0.1, -0.05) is 18.2 Å². The van der Waals surface area contributed by atoms with Crippen LogP contribution in [0.1, 0.15) is 31.7 Å². The van der Waals surface area contributed by atoms with Crippen LogP contribution >= 0.6 is 0 Å². The van der Waals surface area contributed by atoms with E-state index in [0.29, 0.717) is 26.1 Å². The molecule has 1 aromatic carbocycles. The first-order valence-electron chi connectivity index (χ1n) is 6.98. The first kappa shape index (κ1) is 14.4. The van der Waals surface area contributed by atoms with Crippen LogP contribution in [0.25, 0.3) is 0 Å². The SMILES string of the molecule is CCN(CC)C(=O)N1CCC(C(=O)O)c2ccccc21. The van der Waals surface area contributed by atoms with Crippen LogP contribution in [0.4, 0.5) is 10.5 Å². The summed E-state index contributed by atoms with van der Waals surface area (Å²) in [5.41, 5.74) is 1.45. The average Bonchev–Trinajstić information content (AvgIpc) is 2.47. The van der Waals surface area contributed by atoms with E-state index in [1.807, 2.05) is 32.0 Å². The fraction of sp³-hybridized carbons (Fsp3) is 0.467. The van der Waals surface area contributed by atoms with E-state index < -0.39 is 11.9 Å². The van der Waals surface area contributed by atoms with E-state index in [2.05, 4.69) is 0 Å². The number of fused-ring (bicyclic) bond motifs is 1. The van der Waals surface area contributed by atoms with Gasteiger partial charge in [-0.2, -0.15) is 0 Å². The topological polar surface area (TPSA) is 60.9 Å². The largest absolute Gasteiger partial charge is 0.481 e. The summed E-state index contributed by atoms with van der Waals surface area (Å²) in [6, 6.07) is 7.24. The number of urea groups is 1. The molecule has 5 heteroatoms. The number of carboxylic acid groups (broad SMARTS) is 1. The van der Waals surface area contributed by atoms with E-state index >= 15 is 0 Å². The highest BCUT2D eigenvalue weighted by Crippen LogP contribution is 2.35. The Bertz CT molecular complexity index is 512. The van der Waals surface area contributed by atoms with Crippen molar-refractivity contribution < 1.29 is 14.7 Å². The molecule has 5 nitrogen and oxygen atoms in total. The van der Waals surface area contributed by atoms with Gasteiger partial charge in [-0.25, -0.2) is 4.79 Å². The molecule has 1 aliphatic rings. The molecule has 1 N–H and O–H groups in total. The summed E-state index contributed by atoms with van der Waals surface area (Å²) in [6.07, 6.45) is 0.458. The van der Waals surface area contributed by atoms with Crippen molar-refractivity contribution in [2.45, 2.75) is 26.2 Å². The lowest BCUT2D eigenvalue weighted by Gasteiger charge is -2.35. The number of benzene rings is 1. The van der Waals surface area contributed by atoms with Crippen LogP contribution in [0.2, 0.25) is 0 Å². The van der Waals surface area contributed by atoms with E-state index in [1.165, 1.54) is 0 Å². The molecular formula is C15H20N2O3. The third-order valence-corrected chi connectivity index (χ3v) is 3.81. The molecule has 0 fully saturated rings. The van der Waals surface area contributed by atoms with Crippen LogP contribution in [-0.4, -0.2) is 41.6 Å². The normalized spacial score (nSPS) is 17.5. The first-order valence-corrected chi connectivity index (χ1v) is 6.98. The van der Waals surface area contributed by atoms with Gasteiger partial charge in [0.15, 0.2) is 0 Å². The van der Waals surface area contributed by atoms with Gasteiger partial charge in [0.25, 0.3) is 0 Å². The van der Waals surface area contributed by atoms with E-state index in [-0.39, 0.29) is 6.03 Å². The van der Waals surface area contributed by atoms with Crippen LogP contribution in [-0.2, 0) is 4.79 Å². The molecule has 2 rings (SSSR count). The third-order valence-electron chi connectivity index (χ3n) is 3.81. The summed E-state index contributed by atoms with van der Waals surface area (Å²) >= 11 is 0. The van der Waals surface area contributed by atoms with Crippen LogP contribution in [0.15, 0.2) is 24.3 Å². The van der Waals surface area contributed by atoms with Gasteiger partial charge < -0.3 is 10.0 Å². The fourth-order valence-corrected chi connectivity index (χ4v) is 2.68. The Morgan fingerprint density at radius 1 is 1.30 bits per heavy atom. The molecular weight excluding hydrogens is 256 g/mol. The molecule has 0 radical (unpaired) electrons. The van der Waals surface area contributed by atoms with Gasteiger partial charge in [-0.3, -0.25) is 9.69 Å². The molecule has 0 saturated carbocycles. The Morgan fingerprint density at radius 3 is 2.55 bits per heavy atom. The number of carbonyl (C=O) groups excluding carboxylic acids is 1. The Hall–Kier alpha value is -2.04. The monoisotopic (exact) mass is 276 g/mol. The molecule has 0 saturated heterocycles. The first-order chi connectivity index (χ1) is 9.60. The number of hydrogen-bond acceptors (Lipinski definition) is 2. The molecule has 1 aromatic rings. The predicted octanol–water partition coefficient (Wildman–Crippen LogP) is 2.53. The van der Waals surface area contributed by atoms with Crippen molar-refractivity contribution >= 4 is 17.7 Å². The number of aliphatic carboxylic acids is 1. The van der Waals surface area contributed by atoms with Gasteiger partial charge in [0.2, 0.25) is 0 Å². The van der Waals surface area contributed by atoms with Crippen molar-refractivity contribution in [2.24, 2.45) is 0 Å². The minimum Gasteiger partial charge on any atom is -0.481 e.